The van der Waals surface area contributed by atoms with Crippen LogP contribution < -0.4 is 10.5 Å². The molecule has 0 spiro atoms. The molecule has 0 radical (unpaired) electrons. The van der Waals surface area contributed by atoms with E-state index in [9.17, 15) is 9.18 Å². The lowest BCUT2D eigenvalue weighted by Crippen LogP contribution is -2.08. The molecule has 0 aliphatic rings. The minimum atomic E-state index is -0.910. The minimum absolute atomic E-state index is 0.105. The molecule has 0 aliphatic heterocycles. The molecule has 1 atom stereocenters. The smallest absolute Gasteiger partial charge is 0.307 e. The Balaban J connectivity index is 1.92. The lowest BCUT2D eigenvalue weighted by Gasteiger charge is -2.16. The summed E-state index contributed by atoms with van der Waals surface area (Å²) in [6.45, 7) is 4.08. The molecule has 156 valence electrons. The van der Waals surface area contributed by atoms with Crippen molar-refractivity contribution >= 4 is 5.97 Å². The van der Waals surface area contributed by atoms with E-state index >= 15 is 0 Å². The Morgan fingerprint density at radius 3 is 2.53 bits per heavy atom. The molecule has 3 aromatic carbocycles. The third-order valence-electron chi connectivity index (χ3n) is 5.11. The SMILES string of the molecule is CCc1ccc(-c2cccc([C@@H](C)N)c2F)cc1COc1ccccc1CC(=O)O. The number of para-hydroxylation sites is 1. The highest BCUT2D eigenvalue weighted by Gasteiger charge is 2.14. The number of aliphatic carboxylic acids is 1. The molecular formula is C25H26FNO3. The van der Waals surface area contributed by atoms with E-state index in [2.05, 4.69) is 0 Å². The van der Waals surface area contributed by atoms with Gasteiger partial charge in [-0.1, -0.05) is 55.5 Å². The van der Waals surface area contributed by atoms with Crippen LogP contribution in [0.3, 0.4) is 0 Å². The molecule has 0 saturated heterocycles. The number of carboxylic acid groups (broad SMARTS) is 1. The van der Waals surface area contributed by atoms with Crippen LogP contribution >= 0.6 is 0 Å². The second-order valence-corrected chi connectivity index (χ2v) is 7.30. The standard InChI is InChI=1S/C25H26FNO3/c1-3-17-11-12-18(22-9-6-8-21(16(2)27)25(22)26)13-20(17)15-30-23-10-5-4-7-19(23)14-24(28)29/h4-13,16H,3,14-15,27H2,1-2H3,(H,28,29)/t16-/m1/s1. The molecular weight excluding hydrogens is 381 g/mol. The second-order valence-electron chi connectivity index (χ2n) is 7.30. The van der Waals surface area contributed by atoms with Crippen molar-refractivity contribution < 1.29 is 19.0 Å². The quantitative estimate of drug-likeness (QED) is 0.533. The van der Waals surface area contributed by atoms with Crippen molar-refractivity contribution in [2.75, 3.05) is 0 Å². The van der Waals surface area contributed by atoms with Gasteiger partial charge in [0.15, 0.2) is 0 Å². The fourth-order valence-electron chi connectivity index (χ4n) is 3.51. The van der Waals surface area contributed by atoms with E-state index in [1.54, 1.807) is 37.3 Å². The van der Waals surface area contributed by atoms with Crippen molar-refractivity contribution in [3.05, 3.63) is 88.7 Å². The summed E-state index contributed by atoms with van der Waals surface area (Å²) in [5.74, 6) is -0.681. The molecule has 0 aromatic heterocycles. The van der Waals surface area contributed by atoms with Crippen molar-refractivity contribution in [3.8, 4) is 16.9 Å². The lowest BCUT2D eigenvalue weighted by atomic mass is 9.95. The first-order valence-corrected chi connectivity index (χ1v) is 9.99. The maximum absolute atomic E-state index is 15.0. The Bertz CT molecular complexity index is 1050. The molecule has 3 aromatic rings. The number of ether oxygens (including phenoxy) is 1. The van der Waals surface area contributed by atoms with Gasteiger partial charge in [-0.25, -0.2) is 4.39 Å². The van der Waals surface area contributed by atoms with Gasteiger partial charge in [0.2, 0.25) is 0 Å². The average Bonchev–Trinajstić information content (AvgIpc) is 2.72. The van der Waals surface area contributed by atoms with Crippen LogP contribution in [-0.4, -0.2) is 11.1 Å². The number of carbonyl (C=O) groups is 1. The molecule has 3 N–H and O–H groups in total. The summed E-state index contributed by atoms with van der Waals surface area (Å²) in [5, 5.41) is 9.11. The third kappa shape index (κ3) is 4.86. The van der Waals surface area contributed by atoms with Crippen LogP contribution in [0, 0.1) is 5.82 Å². The number of benzene rings is 3. The first-order valence-electron chi connectivity index (χ1n) is 9.99. The summed E-state index contributed by atoms with van der Waals surface area (Å²) in [5.41, 5.74) is 10.3. The van der Waals surface area contributed by atoms with E-state index in [0.29, 0.717) is 22.4 Å². The Labute approximate surface area is 176 Å². The van der Waals surface area contributed by atoms with Gasteiger partial charge in [-0.3, -0.25) is 4.79 Å². The number of hydrogen-bond donors (Lipinski definition) is 2. The molecule has 3 rings (SSSR count). The second kappa shape index (κ2) is 9.55. The number of carboxylic acids is 1. The average molecular weight is 407 g/mol. The number of rotatable bonds is 8. The van der Waals surface area contributed by atoms with Crippen LogP contribution in [0.1, 0.15) is 42.1 Å². The Morgan fingerprint density at radius 2 is 1.83 bits per heavy atom. The van der Waals surface area contributed by atoms with Gasteiger partial charge in [-0.2, -0.15) is 0 Å². The Kier molecular flexibility index (Phi) is 6.85. The molecule has 0 fully saturated rings. The predicted molar refractivity (Wildman–Crippen MR) is 116 cm³/mol. The highest BCUT2D eigenvalue weighted by Crippen LogP contribution is 2.30. The molecule has 0 aliphatic carbocycles. The van der Waals surface area contributed by atoms with Gasteiger partial charge in [0.25, 0.3) is 0 Å². The maximum Gasteiger partial charge on any atom is 0.307 e. The third-order valence-corrected chi connectivity index (χ3v) is 5.11. The normalized spacial score (nSPS) is 11.9. The summed E-state index contributed by atoms with van der Waals surface area (Å²) in [4.78, 5) is 11.1. The zero-order valence-corrected chi connectivity index (χ0v) is 17.2. The summed E-state index contributed by atoms with van der Waals surface area (Å²) < 4.78 is 21.0. The van der Waals surface area contributed by atoms with E-state index in [0.717, 1.165) is 23.1 Å². The van der Waals surface area contributed by atoms with Gasteiger partial charge in [0.05, 0.1) is 6.42 Å². The highest BCUT2D eigenvalue weighted by atomic mass is 19.1. The monoisotopic (exact) mass is 407 g/mol. The summed E-state index contributed by atoms with van der Waals surface area (Å²) in [7, 11) is 0. The fraction of sp³-hybridized carbons (Fsp3) is 0.240. The van der Waals surface area contributed by atoms with Crippen molar-refractivity contribution in [2.45, 2.75) is 39.3 Å². The van der Waals surface area contributed by atoms with Crippen LogP contribution in [0.4, 0.5) is 4.39 Å². The van der Waals surface area contributed by atoms with Crippen molar-refractivity contribution in [1.82, 2.24) is 0 Å². The topological polar surface area (TPSA) is 72.5 Å². The van der Waals surface area contributed by atoms with E-state index in [1.807, 2.05) is 37.3 Å². The predicted octanol–water partition coefficient (Wildman–Crippen LogP) is 5.28. The van der Waals surface area contributed by atoms with Crippen molar-refractivity contribution in [2.24, 2.45) is 5.73 Å². The van der Waals surface area contributed by atoms with Gasteiger partial charge in [0.1, 0.15) is 18.2 Å². The van der Waals surface area contributed by atoms with Gasteiger partial charge < -0.3 is 15.6 Å². The van der Waals surface area contributed by atoms with Crippen LogP contribution in [0.5, 0.6) is 5.75 Å². The van der Waals surface area contributed by atoms with E-state index in [4.69, 9.17) is 15.6 Å². The zero-order valence-electron chi connectivity index (χ0n) is 17.2. The van der Waals surface area contributed by atoms with Gasteiger partial charge in [0, 0.05) is 22.7 Å². The zero-order chi connectivity index (χ0) is 21.7. The van der Waals surface area contributed by atoms with Crippen LogP contribution in [0.2, 0.25) is 0 Å². The van der Waals surface area contributed by atoms with Crippen LogP contribution in [-0.2, 0) is 24.2 Å². The van der Waals surface area contributed by atoms with E-state index in [1.165, 1.54) is 0 Å². The molecule has 0 saturated carbocycles. The fourth-order valence-corrected chi connectivity index (χ4v) is 3.51. The molecule has 0 bridgehead atoms. The van der Waals surface area contributed by atoms with E-state index in [-0.39, 0.29) is 18.8 Å². The first kappa shape index (κ1) is 21.5. The van der Waals surface area contributed by atoms with Gasteiger partial charge in [-0.05, 0) is 42.2 Å². The van der Waals surface area contributed by atoms with Crippen LogP contribution in [0.25, 0.3) is 11.1 Å². The molecule has 0 unspecified atom stereocenters. The molecule has 4 nitrogen and oxygen atoms in total. The Hall–Kier alpha value is -3.18. The minimum Gasteiger partial charge on any atom is -0.489 e. The Morgan fingerprint density at radius 1 is 1.07 bits per heavy atom. The largest absolute Gasteiger partial charge is 0.489 e. The molecule has 30 heavy (non-hydrogen) atoms. The number of hydrogen-bond acceptors (Lipinski definition) is 3. The van der Waals surface area contributed by atoms with E-state index < -0.39 is 12.0 Å². The van der Waals surface area contributed by atoms with Gasteiger partial charge in [-0.15, -0.1) is 0 Å². The number of aryl methyl sites for hydroxylation is 1. The molecule has 0 heterocycles. The van der Waals surface area contributed by atoms with Crippen molar-refractivity contribution in [3.63, 3.8) is 0 Å². The number of halogens is 1. The molecule has 0 amide bonds. The maximum atomic E-state index is 15.0. The highest BCUT2D eigenvalue weighted by molar-refractivity contribution is 5.71. The molecule has 5 heteroatoms. The number of nitrogens with two attached hydrogens (primary N) is 1. The lowest BCUT2D eigenvalue weighted by molar-refractivity contribution is -0.136. The first-order chi connectivity index (χ1) is 14.4. The van der Waals surface area contributed by atoms with Crippen LogP contribution in [0.15, 0.2) is 60.7 Å². The van der Waals surface area contributed by atoms with Gasteiger partial charge >= 0.3 is 5.97 Å². The summed E-state index contributed by atoms with van der Waals surface area (Å²) in [6, 6.07) is 17.8. The van der Waals surface area contributed by atoms with Crippen molar-refractivity contribution in [1.29, 1.82) is 0 Å². The summed E-state index contributed by atoms with van der Waals surface area (Å²) in [6.07, 6.45) is 0.699. The summed E-state index contributed by atoms with van der Waals surface area (Å²) >= 11 is 0.